The van der Waals surface area contributed by atoms with E-state index in [0.717, 1.165) is 18.7 Å². The van der Waals surface area contributed by atoms with Crippen LogP contribution >= 0.6 is 0 Å². The molecule has 0 atom stereocenters. The van der Waals surface area contributed by atoms with Crippen LogP contribution in [0.5, 0.6) is 5.75 Å². The van der Waals surface area contributed by atoms with Gasteiger partial charge in [0.1, 0.15) is 0 Å². The lowest BCUT2D eigenvalue weighted by Gasteiger charge is -2.05. The number of aryl methyl sites for hydroxylation is 1. The van der Waals surface area contributed by atoms with Crippen molar-refractivity contribution in [1.29, 1.82) is 0 Å². The zero-order valence-electron chi connectivity index (χ0n) is 10.9. The molecule has 2 aromatic rings. The minimum atomic E-state index is -0.186. The Labute approximate surface area is 112 Å². The summed E-state index contributed by atoms with van der Waals surface area (Å²) < 4.78 is 7.17. The molecular formula is C14H17N3O2. The lowest BCUT2D eigenvalue weighted by atomic mass is 10.3. The van der Waals surface area contributed by atoms with Gasteiger partial charge in [-0.05, 0) is 18.6 Å². The monoisotopic (exact) mass is 259 g/mol. The van der Waals surface area contributed by atoms with Crippen LogP contribution in [0.1, 0.15) is 13.3 Å². The molecule has 0 radical (unpaired) electrons. The van der Waals surface area contributed by atoms with E-state index in [0.29, 0.717) is 5.75 Å². The minimum Gasteiger partial charge on any atom is -0.480 e. The predicted molar refractivity (Wildman–Crippen MR) is 73.1 cm³/mol. The number of benzene rings is 1. The number of nitrogens with one attached hydrogen (secondary N) is 1. The molecule has 19 heavy (non-hydrogen) atoms. The highest BCUT2D eigenvalue weighted by atomic mass is 16.5. The van der Waals surface area contributed by atoms with E-state index in [9.17, 15) is 4.79 Å². The normalized spacial score (nSPS) is 10.2. The summed E-state index contributed by atoms with van der Waals surface area (Å²) in [5.41, 5.74) is 0.762. The average molecular weight is 259 g/mol. The van der Waals surface area contributed by atoms with Crippen molar-refractivity contribution >= 4 is 11.6 Å². The van der Waals surface area contributed by atoms with Gasteiger partial charge in [0.2, 0.25) is 0 Å². The Morgan fingerprint density at radius 2 is 2.16 bits per heavy atom. The van der Waals surface area contributed by atoms with Gasteiger partial charge in [0.15, 0.2) is 12.4 Å². The maximum Gasteiger partial charge on any atom is 0.262 e. The van der Waals surface area contributed by atoms with Crippen molar-refractivity contribution in [2.45, 2.75) is 19.9 Å². The molecule has 0 aliphatic rings. The number of ether oxygens (including phenoxy) is 1. The molecule has 0 aliphatic heterocycles. The van der Waals surface area contributed by atoms with E-state index >= 15 is 0 Å². The fourth-order valence-electron chi connectivity index (χ4n) is 1.64. The zero-order chi connectivity index (χ0) is 13.5. The number of nitrogens with zero attached hydrogens (tertiary/aromatic N) is 2. The highest BCUT2D eigenvalue weighted by molar-refractivity contribution is 5.91. The second-order valence-corrected chi connectivity index (χ2v) is 4.14. The third-order valence-electron chi connectivity index (χ3n) is 2.49. The van der Waals surface area contributed by atoms with Crippen molar-refractivity contribution in [3.63, 3.8) is 0 Å². The summed E-state index contributed by atoms with van der Waals surface area (Å²) in [7, 11) is 0. The summed E-state index contributed by atoms with van der Waals surface area (Å²) >= 11 is 0. The molecule has 0 saturated heterocycles. The Hall–Kier alpha value is -2.30. The van der Waals surface area contributed by atoms with Gasteiger partial charge in [-0.25, -0.2) is 0 Å². The predicted octanol–water partition coefficient (Wildman–Crippen LogP) is 2.31. The molecule has 5 nitrogen and oxygen atoms in total. The molecule has 0 saturated carbocycles. The van der Waals surface area contributed by atoms with Gasteiger partial charge in [-0.1, -0.05) is 25.1 Å². The second-order valence-electron chi connectivity index (χ2n) is 4.14. The summed E-state index contributed by atoms with van der Waals surface area (Å²) in [5.74, 6) is 0.422. The Bertz CT molecular complexity index is 522. The molecule has 0 aliphatic carbocycles. The number of hydrogen-bond acceptors (Lipinski definition) is 3. The molecule has 1 aromatic carbocycles. The molecular weight excluding hydrogens is 242 g/mol. The third-order valence-corrected chi connectivity index (χ3v) is 2.49. The number of aromatic nitrogens is 2. The first-order valence-corrected chi connectivity index (χ1v) is 6.28. The Kier molecular flexibility index (Phi) is 4.55. The molecule has 2 rings (SSSR count). The van der Waals surface area contributed by atoms with Crippen LogP contribution in [-0.2, 0) is 11.3 Å². The third kappa shape index (κ3) is 4.13. The van der Waals surface area contributed by atoms with E-state index in [1.807, 2.05) is 30.3 Å². The van der Waals surface area contributed by atoms with Gasteiger partial charge in [-0.15, -0.1) is 0 Å². The maximum absolute atomic E-state index is 11.7. The molecule has 100 valence electrons. The number of para-hydroxylation sites is 1. The quantitative estimate of drug-likeness (QED) is 0.866. The fraction of sp³-hybridized carbons (Fsp3) is 0.286. The number of rotatable bonds is 6. The minimum absolute atomic E-state index is 0.0211. The Morgan fingerprint density at radius 1 is 1.37 bits per heavy atom. The summed E-state index contributed by atoms with van der Waals surface area (Å²) in [6.45, 7) is 2.90. The molecule has 1 N–H and O–H groups in total. The van der Waals surface area contributed by atoms with Crippen molar-refractivity contribution in [1.82, 2.24) is 9.78 Å². The van der Waals surface area contributed by atoms with Crippen molar-refractivity contribution in [2.24, 2.45) is 0 Å². The standard InChI is InChI=1S/C14H17N3O2/c1-2-8-17-10-13(9-15-17)19-11-14(18)16-12-6-4-3-5-7-12/h3-7,9-10H,2,8,11H2,1H3,(H,16,18). The van der Waals surface area contributed by atoms with Gasteiger partial charge < -0.3 is 10.1 Å². The highest BCUT2D eigenvalue weighted by Crippen LogP contribution is 2.09. The largest absolute Gasteiger partial charge is 0.480 e. The fourth-order valence-corrected chi connectivity index (χ4v) is 1.64. The van der Waals surface area contributed by atoms with Crippen molar-refractivity contribution in [3.8, 4) is 5.75 Å². The van der Waals surface area contributed by atoms with Gasteiger partial charge in [0, 0.05) is 12.2 Å². The van der Waals surface area contributed by atoms with Crippen LogP contribution in [-0.4, -0.2) is 22.3 Å². The first kappa shape index (κ1) is 13.1. The number of carbonyl (C=O) groups excluding carboxylic acids is 1. The van der Waals surface area contributed by atoms with Gasteiger partial charge >= 0.3 is 0 Å². The van der Waals surface area contributed by atoms with Crippen molar-refractivity contribution < 1.29 is 9.53 Å². The second kappa shape index (κ2) is 6.58. The van der Waals surface area contributed by atoms with E-state index in [1.54, 1.807) is 17.1 Å². The molecule has 5 heteroatoms. The lowest BCUT2D eigenvalue weighted by Crippen LogP contribution is -2.19. The lowest BCUT2D eigenvalue weighted by molar-refractivity contribution is -0.118. The van der Waals surface area contributed by atoms with Crippen molar-refractivity contribution in [2.75, 3.05) is 11.9 Å². The van der Waals surface area contributed by atoms with E-state index < -0.39 is 0 Å². The SMILES string of the molecule is CCCn1cc(OCC(=O)Nc2ccccc2)cn1. The van der Waals surface area contributed by atoms with Crippen LogP contribution in [0.4, 0.5) is 5.69 Å². The number of amides is 1. The van der Waals surface area contributed by atoms with E-state index in [4.69, 9.17) is 4.74 Å². The first-order chi connectivity index (χ1) is 9.28. The summed E-state index contributed by atoms with van der Waals surface area (Å²) in [5, 5.41) is 6.88. The van der Waals surface area contributed by atoms with Crippen LogP contribution in [0.15, 0.2) is 42.7 Å². The van der Waals surface area contributed by atoms with Gasteiger partial charge in [0.05, 0.1) is 12.4 Å². The topological polar surface area (TPSA) is 56.1 Å². The maximum atomic E-state index is 11.7. The van der Waals surface area contributed by atoms with E-state index in [2.05, 4.69) is 17.3 Å². The molecule has 0 unspecified atom stereocenters. The van der Waals surface area contributed by atoms with Gasteiger partial charge in [-0.2, -0.15) is 5.10 Å². The van der Waals surface area contributed by atoms with Crippen molar-refractivity contribution in [3.05, 3.63) is 42.7 Å². The molecule has 0 fully saturated rings. The van der Waals surface area contributed by atoms with Crippen LogP contribution in [0, 0.1) is 0 Å². The number of anilines is 1. The average Bonchev–Trinajstić information content (AvgIpc) is 2.86. The molecule has 1 aromatic heterocycles. The summed E-state index contributed by atoms with van der Waals surface area (Å²) in [6, 6.07) is 9.29. The summed E-state index contributed by atoms with van der Waals surface area (Å²) in [6.07, 6.45) is 4.42. The van der Waals surface area contributed by atoms with Crippen LogP contribution in [0.2, 0.25) is 0 Å². The van der Waals surface area contributed by atoms with E-state index in [1.165, 1.54) is 0 Å². The Morgan fingerprint density at radius 3 is 2.89 bits per heavy atom. The highest BCUT2D eigenvalue weighted by Gasteiger charge is 2.04. The van der Waals surface area contributed by atoms with Crippen LogP contribution < -0.4 is 10.1 Å². The van der Waals surface area contributed by atoms with Gasteiger partial charge in [0.25, 0.3) is 5.91 Å². The molecule has 0 spiro atoms. The van der Waals surface area contributed by atoms with Crippen LogP contribution in [0.25, 0.3) is 0 Å². The molecule has 1 heterocycles. The molecule has 1 amide bonds. The Balaban J connectivity index is 1.79. The van der Waals surface area contributed by atoms with Crippen LogP contribution in [0.3, 0.4) is 0 Å². The first-order valence-electron chi connectivity index (χ1n) is 6.28. The summed E-state index contributed by atoms with van der Waals surface area (Å²) in [4.78, 5) is 11.7. The van der Waals surface area contributed by atoms with Gasteiger partial charge in [-0.3, -0.25) is 9.48 Å². The van der Waals surface area contributed by atoms with E-state index in [-0.39, 0.29) is 12.5 Å². The number of hydrogen-bond donors (Lipinski definition) is 1. The number of carbonyl (C=O) groups is 1. The smallest absolute Gasteiger partial charge is 0.262 e. The molecule has 0 bridgehead atoms. The zero-order valence-corrected chi connectivity index (χ0v) is 10.9.